The number of aromatic nitrogens is 2. The van der Waals surface area contributed by atoms with Gasteiger partial charge in [-0.25, -0.2) is 4.98 Å². The molecule has 0 radical (unpaired) electrons. The van der Waals surface area contributed by atoms with Crippen LogP contribution in [0.2, 0.25) is 0 Å². The maximum absolute atomic E-state index is 11.7. The van der Waals surface area contributed by atoms with Crippen LogP contribution in [0.15, 0.2) is 18.6 Å². The second kappa shape index (κ2) is 8.18. The molecule has 1 heterocycles. The average molecular weight is 264 g/mol. The van der Waals surface area contributed by atoms with E-state index in [1.165, 1.54) is 18.6 Å². The summed E-state index contributed by atoms with van der Waals surface area (Å²) < 4.78 is 0. The normalized spacial score (nSPS) is 10.3. The molecule has 0 saturated heterocycles. The molecule has 1 aromatic heterocycles. The van der Waals surface area contributed by atoms with Crippen LogP contribution < -0.4 is 10.6 Å². The Morgan fingerprint density at radius 1 is 1.16 bits per heavy atom. The first-order chi connectivity index (χ1) is 9.19. The third-order valence-corrected chi connectivity index (χ3v) is 2.86. The second-order valence-corrected chi connectivity index (χ2v) is 4.15. The molecule has 0 spiro atoms. The van der Waals surface area contributed by atoms with Crippen molar-refractivity contribution in [1.29, 1.82) is 0 Å². The summed E-state index contributed by atoms with van der Waals surface area (Å²) >= 11 is 0. The van der Waals surface area contributed by atoms with Gasteiger partial charge in [0.15, 0.2) is 0 Å². The van der Waals surface area contributed by atoms with Crippen LogP contribution in [-0.2, 0) is 4.79 Å². The molecular formula is C13H20N4O2. The van der Waals surface area contributed by atoms with Gasteiger partial charge in [0.05, 0.1) is 6.20 Å². The van der Waals surface area contributed by atoms with Crippen LogP contribution in [-0.4, -0.2) is 34.9 Å². The summed E-state index contributed by atoms with van der Waals surface area (Å²) in [6.07, 6.45) is 6.02. The van der Waals surface area contributed by atoms with E-state index >= 15 is 0 Å². The molecular weight excluding hydrogens is 244 g/mol. The Hall–Kier alpha value is -1.98. The zero-order valence-corrected chi connectivity index (χ0v) is 11.3. The van der Waals surface area contributed by atoms with E-state index in [1.807, 2.05) is 13.8 Å². The van der Waals surface area contributed by atoms with Crippen molar-refractivity contribution in [1.82, 2.24) is 20.6 Å². The van der Waals surface area contributed by atoms with Crippen LogP contribution in [0.5, 0.6) is 0 Å². The highest BCUT2D eigenvalue weighted by Gasteiger charge is 2.13. The lowest BCUT2D eigenvalue weighted by atomic mass is 10.0. The van der Waals surface area contributed by atoms with Gasteiger partial charge in [-0.15, -0.1) is 0 Å². The summed E-state index contributed by atoms with van der Waals surface area (Å²) in [7, 11) is 0. The lowest BCUT2D eigenvalue weighted by molar-refractivity contribution is -0.125. The zero-order chi connectivity index (χ0) is 14.1. The number of hydrogen-bond donors (Lipinski definition) is 2. The van der Waals surface area contributed by atoms with Crippen LogP contribution in [0.25, 0.3) is 0 Å². The van der Waals surface area contributed by atoms with Gasteiger partial charge in [0.25, 0.3) is 5.91 Å². The summed E-state index contributed by atoms with van der Waals surface area (Å²) in [5.74, 6) is -0.195. The molecule has 0 aliphatic rings. The SMILES string of the molecule is CCC(CC)C(=O)NCCNC(=O)c1cnccn1. The number of rotatable bonds is 7. The summed E-state index contributed by atoms with van der Waals surface area (Å²) in [5.41, 5.74) is 0.272. The van der Waals surface area contributed by atoms with Crippen molar-refractivity contribution in [2.45, 2.75) is 26.7 Å². The molecule has 0 fully saturated rings. The third kappa shape index (κ3) is 5.03. The van der Waals surface area contributed by atoms with E-state index in [-0.39, 0.29) is 23.4 Å². The van der Waals surface area contributed by atoms with E-state index in [4.69, 9.17) is 0 Å². The van der Waals surface area contributed by atoms with Gasteiger partial charge in [-0.3, -0.25) is 14.6 Å². The molecule has 2 N–H and O–H groups in total. The lowest BCUT2D eigenvalue weighted by Crippen LogP contribution is -2.37. The van der Waals surface area contributed by atoms with E-state index in [1.54, 1.807) is 0 Å². The largest absolute Gasteiger partial charge is 0.354 e. The minimum absolute atomic E-state index is 0.0405. The molecule has 0 unspecified atom stereocenters. The Kier molecular flexibility index (Phi) is 6.49. The van der Waals surface area contributed by atoms with Gasteiger partial charge in [-0.1, -0.05) is 13.8 Å². The van der Waals surface area contributed by atoms with Crippen LogP contribution in [0.1, 0.15) is 37.2 Å². The van der Waals surface area contributed by atoms with Gasteiger partial charge in [-0.05, 0) is 12.8 Å². The minimum Gasteiger partial charge on any atom is -0.354 e. The van der Waals surface area contributed by atoms with Gasteiger partial charge in [-0.2, -0.15) is 0 Å². The summed E-state index contributed by atoms with van der Waals surface area (Å²) in [6, 6.07) is 0. The Labute approximate surface area is 113 Å². The smallest absolute Gasteiger partial charge is 0.271 e. The van der Waals surface area contributed by atoms with Gasteiger partial charge < -0.3 is 10.6 Å². The Morgan fingerprint density at radius 2 is 1.84 bits per heavy atom. The van der Waals surface area contributed by atoms with Crippen molar-refractivity contribution in [3.63, 3.8) is 0 Å². The molecule has 0 aliphatic heterocycles. The Bertz CT molecular complexity index is 404. The molecule has 2 amide bonds. The van der Waals surface area contributed by atoms with Crippen molar-refractivity contribution in [2.75, 3.05) is 13.1 Å². The van der Waals surface area contributed by atoms with E-state index in [0.29, 0.717) is 13.1 Å². The molecule has 0 aromatic carbocycles. The van der Waals surface area contributed by atoms with E-state index < -0.39 is 0 Å². The van der Waals surface area contributed by atoms with Crippen molar-refractivity contribution < 1.29 is 9.59 Å². The highest BCUT2D eigenvalue weighted by atomic mass is 16.2. The first-order valence-corrected chi connectivity index (χ1v) is 6.50. The highest BCUT2D eigenvalue weighted by Crippen LogP contribution is 2.06. The zero-order valence-electron chi connectivity index (χ0n) is 11.3. The summed E-state index contributed by atoms with van der Waals surface area (Å²) in [5, 5.41) is 5.47. The number of nitrogens with zero attached hydrogens (tertiary/aromatic N) is 2. The predicted octanol–water partition coefficient (Wildman–Crippen LogP) is 0.759. The van der Waals surface area contributed by atoms with E-state index in [0.717, 1.165) is 12.8 Å². The molecule has 0 bridgehead atoms. The summed E-state index contributed by atoms with van der Waals surface area (Å²) in [4.78, 5) is 31.0. The average Bonchev–Trinajstić information content (AvgIpc) is 2.45. The van der Waals surface area contributed by atoms with E-state index in [9.17, 15) is 9.59 Å². The standard InChI is InChI=1S/C13H20N4O2/c1-3-10(4-2)12(18)16-7-8-17-13(19)11-9-14-5-6-15-11/h5-6,9-10H,3-4,7-8H2,1-2H3,(H,16,18)(H,17,19). The van der Waals surface area contributed by atoms with Crippen LogP contribution >= 0.6 is 0 Å². The minimum atomic E-state index is -0.287. The van der Waals surface area contributed by atoms with Crippen molar-refractivity contribution in [3.05, 3.63) is 24.3 Å². The van der Waals surface area contributed by atoms with Gasteiger partial charge in [0.1, 0.15) is 5.69 Å². The fourth-order valence-electron chi connectivity index (χ4n) is 1.67. The Morgan fingerprint density at radius 3 is 2.42 bits per heavy atom. The van der Waals surface area contributed by atoms with Crippen LogP contribution in [0.4, 0.5) is 0 Å². The summed E-state index contributed by atoms with van der Waals surface area (Å²) in [6.45, 7) is 4.77. The fraction of sp³-hybridized carbons (Fsp3) is 0.538. The maximum atomic E-state index is 11.7. The number of carbonyl (C=O) groups is 2. The highest BCUT2D eigenvalue weighted by molar-refractivity contribution is 5.91. The quantitative estimate of drug-likeness (QED) is 0.712. The molecule has 1 aromatic rings. The number of amides is 2. The fourth-order valence-corrected chi connectivity index (χ4v) is 1.67. The topological polar surface area (TPSA) is 84.0 Å². The molecule has 0 saturated carbocycles. The van der Waals surface area contributed by atoms with Gasteiger partial charge >= 0.3 is 0 Å². The Balaban J connectivity index is 2.24. The molecule has 19 heavy (non-hydrogen) atoms. The number of hydrogen-bond acceptors (Lipinski definition) is 4. The molecule has 0 aliphatic carbocycles. The van der Waals surface area contributed by atoms with Crippen LogP contribution in [0, 0.1) is 5.92 Å². The number of carbonyl (C=O) groups excluding carboxylic acids is 2. The maximum Gasteiger partial charge on any atom is 0.271 e. The second-order valence-electron chi connectivity index (χ2n) is 4.15. The molecule has 6 nitrogen and oxygen atoms in total. The molecule has 0 atom stereocenters. The van der Waals surface area contributed by atoms with E-state index in [2.05, 4.69) is 20.6 Å². The van der Waals surface area contributed by atoms with Gasteiger partial charge in [0, 0.05) is 31.4 Å². The molecule has 6 heteroatoms. The number of nitrogens with one attached hydrogen (secondary N) is 2. The van der Waals surface area contributed by atoms with Crippen molar-refractivity contribution in [2.24, 2.45) is 5.92 Å². The van der Waals surface area contributed by atoms with Crippen molar-refractivity contribution in [3.8, 4) is 0 Å². The van der Waals surface area contributed by atoms with Crippen molar-refractivity contribution >= 4 is 11.8 Å². The lowest BCUT2D eigenvalue weighted by Gasteiger charge is -2.12. The monoisotopic (exact) mass is 264 g/mol. The predicted molar refractivity (Wildman–Crippen MR) is 71.4 cm³/mol. The first kappa shape index (κ1) is 15.1. The third-order valence-electron chi connectivity index (χ3n) is 2.86. The molecule has 1 rings (SSSR count). The van der Waals surface area contributed by atoms with Crippen LogP contribution in [0.3, 0.4) is 0 Å². The first-order valence-electron chi connectivity index (χ1n) is 6.50. The molecule has 104 valence electrons. The van der Waals surface area contributed by atoms with Gasteiger partial charge in [0.2, 0.25) is 5.91 Å².